The Balaban J connectivity index is 0.00000225. The third-order valence-electron chi connectivity index (χ3n) is 4.86. The number of carbonyl (C=O) groups is 1. The molecule has 0 saturated carbocycles. The fraction of sp³-hybridized carbons (Fsp3) is 0.286. The average molecular weight is 398 g/mol. The molecule has 0 radical (unpaired) electrons. The summed E-state index contributed by atoms with van der Waals surface area (Å²) >= 11 is 0. The number of benzene rings is 2. The van der Waals surface area contributed by atoms with Crippen LogP contribution in [0.4, 0.5) is 0 Å². The first-order chi connectivity index (χ1) is 13.3. The van der Waals surface area contributed by atoms with Crippen LogP contribution in [0.5, 0.6) is 0 Å². The number of H-pyrrole nitrogens is 1. The summed E-state index contributed by atoms with van der Waals surface area (Å²) in [6.07, 6.45) is 2.21. The molecule has 1 aromatic heterocycles. The molecule has 1 saturated heterocycles. The van der Waals surface area contributed by atoms with Gasteiger partial charge in [0.1, 0.15) is 5.82 Å². The Morgan fingerprint density at radius 1 is 1.14 bits per heavy atom. The maximum Gasteiger partial charge on any atom is 0.251 e. The SMILES string of the molecule is Cl.O=C(NCc1nc(-c2ccccc2)n[nH]1)c1cccc(CC2CCNC2)c1. The highest BCUT2D eigenvalue weighted by Gasteiger charge is 2.16. The summed E-state index contributed by atoms with van der Waals surface area (Å²) in [5.74, 6) is 1.83. The highest BCUT2D eigenvalue weighted by atomic mass is 35.5. The molecular weight excluding hydrogens is 374 g/mol. The normalized spacial score (nSPS) is 15.8. The molecule has 4 rings (SSSR count). The van der Waals surface area contributed by atoms with E-state index in [1.165, 1.54) is 12.0 Å². The molecule has 3 aromatic rings. The molecule has 28 heavy (non-hydrogen) atoms. The maximum absolute atomic E-state index is 12.5. The van der Waals surface area contributed by atoms with Gasteiger partial charge in [0.2, 0.25) is 0 Å². The molecule has 0 spiro atoms. The molecule has 146 valence electrons. The summed E-state index contributed by atoms with van der Waals surface area (Å²) in [5, 5.41) is 13.4. The number of rotatable bonds is 6. The van der Waals surface area contributed by atoms with E-state index in [1.807, 2.05) is 48.5 Å². The van der Waals surface area contributed by atoms with Gasteiger partial charge < -0.3 is 10.6 Å². The molecule has 7 heteroatoms. The average Bonchev–Trinajstić information content (AvgIpc) is 3.39. The number of amides is 1. The quantitative estimate of drug-likeness (QED) is 0.597. The molecule has 1 atom stereocenters. The van der Waals surface area contributed by atoms with E-state index in [4.69, 9.17) is 0 Å². The van der Waals surface area contributed by atoms with E-state index >= 15 is 0 Å². The topological polar surface area (TPSA) is 82.7 Å². The van der Waals surface area contributed by atoms with Gasteiger partial charge in [0.05, 0.1) is 6.54 Å². The van der Waals surface area contributed by atoms with Gasteiger partial charge in [0, 0.05) is 11.1 Å². The third-order valence-corrected chi connectivity index (χ3v) is 4.86. The zero-order valence-electron chi connectivity index (χ0n) is 15.5. The fourth-order valence-corrected chi connectivity index (χ4v) is 3.42. The standard InChI is InChI=1S/C21H23N5O.ClH/c27-21(18-8-4-5-15(12-18)11-16-9-10-22-13-16)23-14-19-24-20(26-25-19)17-6-2-1-3-7-17;/h1-8,12,16,22H,9-11,13-14H2,(H,23,27)(H,24,25,26);1H. The monoisotopic (exact) mass is 397 g/mol. The number of nitrogens with one attached hydrogen (secondary N) is 3. The van der Waals surface area contributed by atoms with E-state index in [2.05, 4.69) is 31.9 Å². The van der Waals surface area contributed by atoms with Crippen LogP contribution in [-0.2, 0) is 13.0 Å². The van der Waals surface area contributed by atoms with Crippen LogP contribution in [0.1, 0.15) is 28.2 Å². The molecule has 1 amide bonds. The molecule has 1 unspecified atom stereocenters. The summed E-state index contributed by atoms with van der Waals surface area (Å²) in [6.45, 7) is 2.47. The van der Waals surface area contributed by atoms with Crippen molar-refractivity contribution in [1.82, 2.24) is 25.8 Å². The summed E-state index contributed by atoms with van der Waals surface area (Å²) in [4.78, 5) is 16.9. The predicted octanol–water partition coefficient (Wildman–Crippen LogP) is 2.98. The van der Waals surface area contributed by atoms with Gasteiger partial charge in [-0.05, 0) is 49.5 Å². The third kappa shape index (κ3) is 4.97. The van der Waals surface area contributed by atoms with Crippen molar-refractivity contribution >= 4 is 18.3 Å². The molecule has 6 nitrogen and oxygen atoms in total. The molecule has 0 bridgehead atoms. The van der Waals surface area contributed by atoms with E-state index in [1.54, 1.807) is 0 Å². The second-order valence-corrected chi connectivity index (χ2v) is 6.92. The van der Waals surface area contributed by atoms with Crippen LogP contribution in [0.25, 0.3) is 11.4 Å². The predicted molar refractivity (Wildman–Crippen MR) is 111 cm³/mol. The van der Waals surface area contributed by atoms with Crippen molar-refractivity contribution in [2.75, 3.05) is 13.1 Å². The van der Waals surface area contributed by atoms with Gasteiger partial charge in [-0.1, -0.05) is 42.5 Å². The lowest BCUT2D eigenvalue weighted by molar-refractivity contribution is 0.0950. The van der Waals surface area contributed by atoms with Gasteiger partial charge in [-0.15, -0.1) is 12.4 Å². The van der Waals surface area contributed by atoms with Crippen molar-refractivity contribution < 1.29 is 4.79 Å². The highest BCUT2D eigenvalue weighted by molar-refractivity contribution is 5.94. The first-order valence-electron chi connectivity index (χ1n) is 9.32. The van der Waals surface area contributed by atoms with E-state index in [0.717, 1.165) is 25.1 Å². The molecule has 2 heterocycles. The van der Waals surface area contributed by atoms with Crippen LogP contribution in [-0.4, -0.2) is 34.2 Å². The van der Waals surface area contributed by atoms with Crippen LogP contribution in [0, 0.1) is 5.92 Å². The van der Waals surface area contributed by atoms with Gasteiger partial charge in [-0.25, -0.2) is 4.98 Å². The lowest BCUT2D eigenvalue weighted by atomic mass is 9.97. The minimum Gasteiger partial charge on any atom is -0.345 e. The number of hydrogen-bond acceptors (Lipinski definition) is 4. The van der Waals surface area contributed by atoms with Crippen molar-refractivity contribution in [3.05, 3.63) is 71.5 Å². The lowest BCUT2D eigenvalue weighted by Crippen LogP contribution is -2.23. The number of aromatic nitrogens is 3. The van der Waals surface area contributed by atoms with Gasteiger partial charge >= 0.3 is 0 Å². The second kappa shape index (κ2) is 9.48. The first-order valence-corrected chi connectivity index (χ1v) is 9.32. The zero-order chi connectivity index (χ0) is 18.5. The van der Waals surface area contributed by atoms with Crippen LogP contribution in [0.2, 0.25) is 0 Å². The summed E-state index contributed by atoms with van der Waals surface area (Å²) < 4.78 is 0. The molecular formula is C21H24ClN5O. The molecule has 1 fully saturated rings. The van der Waals surface area contributed by atoms with Crippen molar-refractivity contribution in [2.45, 2.75) is 19.4 Å². The first kappa shape index (κ1) is 20.0. The van der Waals surface area contributed by atoms with Crippen LogP contribution >= 0.6 is 12.4 Å². The van der Waals surface area contributed by atoms with E-state index in [-0.39, 0.29) is 18.3 Å². The zero-order valence-corrected chi connectivity index (χ0v) is 16.3. The van der Waals surface area contributed by atoms with E-state index < -0.39 is 0 Å². The smallest absolute Gasteiger partial charge is 0.251 e. The molecule has 1 aliphatic heterocycles. The van der Waals surface area contributed by atoms with Gasteiger partial charge in [0.25, 0.3) is 5.91 Å². The number of nitrogens with zero attached hydrogens (tertiary/aromatic N) is 2. The molecule has 0 aliphatic carbocycles. The Kier molecular flexibility index (Phi) is 6.79. The number of carbonyl (C=O) groups excluding carboxylic acids is 1. The summed E-state index contributed by atoms with van der Waals surface area (Å²) in [6, 6.07) is 17.6. The molecule has 3 N–H and O–H groups in total. The maximum atomic E-state index is 12.5. The highest BCUT2D eigenvalue weighted by Crippen LogP contribution is 2.16. The fourth-order valence-electron chi connectivity index (χ4n) is 3.42. The van der Waals surface area contributed by atoms with Crippen LogP contribution in [0.3, 0.4) is 0 Å². The van der Waals surface area contributed by atoms with Gasteiger partial charge in [-0.3, -0.25) is 9.89 Å². The number of hydrogen-bond donors (Lipinski definition) is 3. The lowest BCUT2D eigenvalue weighted by Gasteiger charge is -2.10. The van der Waals surface area contributed by atoms with Gasteiger partial charge in [-0.2, -0.15) is 5.10 Å². The second-order valence-electron chi connectivity index (χ2n) is 6.92. The van der Waals surface area contributed by atoms with Gasteiger partial charge in [0.15, 0.2) is 5.82 Å². The van der Waals surface area contributed by atoms with Crippen molar-refractivity contribution in [3.63, 3.8) is 0 Å². The Morgan fingerprint density at radius 2 is 2.00 bits per heavy atom. The van der Waals surface area contributed by atoms with Crippen LogP contribution in [0.15, 0.2) is 54.6 Å². The van der Waals surface area contributed by atoms with Crippen LogP contribution < -0.4 is 10.6 Å². The Morgan fingerprint density at radius 3 is 2.79 bits per heavy atom. The minimum atomic E-state index is -0.0981. The van der Waals surface area contributed by atoms with E-state index in [9.17, 15) is 4.79 Å². The minimum absolute atomic E-state index is 0. The Hall–Kier alpha value is -2.70. The number of aromatic amines is 1. The Labute approximate surface area is 170 Å². The van der Waals surface area contributed by atoms with Crippen molar-refractivity contribution in [1.29, 1.82) is 0 Å². The van der Waals surface area contributed by atoms with Crippen molar-refractivity contribution in [2.24, 2.45) is 5.92 Å². The Bertz CT molecular complexity index is 906. The number of halogens is 1. The van der Waals surface area contributed by atoms with Crippen molar-refractivity contribution in [3.8, 4) is 11.4 Å². The largest absolute Gasteiger partial charge is 0.345 e. The summed E-state index contributed by atoms with van der Waals surface area (Å²) in [7, 11) is 0. The summed E-state index contributed by atoms with van der Waals surface area (Å²) in [5.41, 5.74) is 2.84. The van der Waals surface area contributed by atoms with E-state index in [0.29, 0.717) is 29.7 Å². The molecule has 2 aromatic carbocycles. The molecule has 1 aliphatic rings.